The summed E-state index contributed by atoms with van der Waals surface area (Å²) in [5.41, 5.74) is 6.12. The third-order valence-corrected chi connectivity index (χ3v) is 2.39. The monoisotopic (exact) mass is 252 g/mol. The smallest absolute Gasteiger partial charge is 0.251 e. The van der Waals surface area contributed by atoms with E-state index in [2.05, 4.69) is 12.2 Å². The molecule has 0 aliphatic carbocycles. The van der Waals surface area contributed by atoms with E-state index in [-0.39, 0.29) is 17.3 Å². The molecule has 5 nitrogen and oxygen atoms in total. The van der Waals surface area contributed by atoms with Crippen LogP contribution in [0.2, 0.25) is 0 Å². The zero-order chi connectivity index (χ0) is 13.4. The van der Waals surface area contributed by atoms with Crippen LogP contribution in [0.25, 0.3) is 0 Å². The number of aromatic hydroxyl groups is 1. The topological polar surface area (TPSA) is 84.6 Å². The molecule has 0 fully saturated rings. The fourth-order valence-corrected chi connectivity index (χ4v) is 1.41. The van der Waals surface area contributed by atoms with Crippen molar-refractivity contribution in [2.45, 2.75) is 19.8 Å². The van der Waals surface area contributed by atoms with Crippen molar-refractivity contribution >= 4 is 11.6 Å². The van der Waals surface area contributed by atoms with Crippen molar-refractivity contribution in [1.29, 1.82) is 0 Å². The average molecular weight is 252 g/mol. The number of ether oxygens (including phenoxy) is 1. The number of anilines is 1. The molecule has 0 saturated heterocycles. The van der Waals surface area contributed by atoms with Gasteiger partial charge in [-0.05, 0) is 31.0 Å². The van der Waals surface area contributed by atoms with E-state index >= 15 is 0 Å². The molecule has 0 aliphatic heterocycles. The van der Waals surface area contributed by atoms with Crippen LogP contribution >= 0.6 is 0 Å². The highest BCUT2D eigenvalue weighted by Gasteiger charge is 2.06. The van der Waals surface area contributed by atoms with Gasteiger partial charge in [0.1, 0.15) is 5.75 Å². The molecule has 0 aromatic heterocycles. The first-order valence-corrected chi connectivity index (χ1v) is 6.09. The van der Waals surface area contributed by atoms with Crippen LogP contribution in [0.1, 0.15) is 30.1 Å². The van der Waals surface area contributed by atoms with Crippen molar-refractivity contribution in [3.8, 4) is 5.75 Å². The Balaban J connectivity index is 2.30. The molecule has 0 heterocycles. The number of phenols is 1. The Hall–Kier alpha value is -1.75. The summed E-state index contributed by atoms with van der Waals surface area (Å²) in [4.78, 5) is 11.7. The van der Waals surface area contributed by atoms with E-state index in [1.54, 1.807) is 6.07 Å². The molecule has 0 saturated carbocycles. The Labute approximate surface area is 107 Å². The van der Waals surface area contributed by atoms with E-state index in [0.29, 0.717) is 18.7 Å². The number of nitrogens with one attached hydrogen (secondary N) is 1. The number of carbonyl (C=O) groups is 1. The molecule has 5 heteroatoms. The van der Waals surface area contributed by atoms with Gasteiger partial charge in [-0.1, -0.05) is 6.92 Å². The summed E-state index contributed by atoms with van der Waals surface area (Å²) >= 11 is 0. The molecule has 1 aromatic carbocycles. The van der Waals surface area contributed by atoms with Gasteiger partial charge in [-0.25, -0.2) is 0 Å². The minimum atomic E-state index is -0.221. The van der Waals surface area contributed by atoms with Crippen LogP contribution in [0, 0.1) is 0 Å². The lowest BCUT2D eigenvalue weighted by molar-refractivity contribution is 0.0941. The molecule has 0 aliphatic rings. The number of nitrogens with two attached hydrogens (primary N) is 1. The summed E-state index contributed by atoms with van der Waals surface area (Å²) in [5.74, 6) is -0.297. The number of carbonyl (C=O) groups excluding carboxylic acids is 1. The van der Waals surface area contributed by atoms with Gasteiger partial charge in [-0.2, -0.15) is 0 Å². The van der Waals surface area contributed by atoms with Gasteiger partial charge in [0.15, 0.2) is 0 Å². The zero-order valence-electron chi connectivity index (χ0n) is 10.6. The number of nitrogen functional groups attached to an aromatic ring is 1. The second-order valence-electron chi connectivity index (χ2n) is 4.00. The van der Waals surface area contributed by atoms with Crippen molar-refractivity contribution in [2.24, 2.45) is 0 Å². The number of hydrogen-bond donors (Lipinski definition) is 3. The van der Waals surface area contributed by atoms with Gasteiger partial charge in [0.25, 0.3) is 5.91 Å². The van der Waals surface area contributed by atoms with Gasteiger partial charge >= 0.3 is 0 Å². The van der Waals surface area contributed by atoms with Gasteiger partial charge in [0.05, 0.1) is 5.69 Å². The normalized spacial score (nSPS) is 10.3. The summed E-state index contributed by atoms with van der Waals surface area (Å²) in [6, 6.07) is 4.45. The highest BCUT2D eigenvalue weighted by molar-refractivity contribution is 5.95. The molecule has 1 aromatic rings. The zero-order valence-corrected chi connectivity index (χ0v) is 10.6. The maximum Gasteiger partial charge on any atom is 0.251 e. The van der Waals surface area contributed by atoms with Crippen LogP contribution in [0.15, 0.2) is 18.2 Å². The molecule has 18 heavy (non-hydrogen) atoms. The molecule has 0 spiro atoms. The first-order chi connectivity index (χ1) is 8.65. The molecule has 0 unspecified atom stereocenters. The lowest BCUT2D eigenvalue weighted by Crippen LogP contribution is -2.25. The molecule has 0 atom stereocenters. The molecule has 1 rings (SSSR count). The van der Waals surface area contributed by atoms with Crippen molar-refractivity contribution in [3.05, 3.63) is 23.8 Å². The first-order valence-electron chi connectivity index (χ1n) is 6.09. The largest absolute Gasteiger partial charge is 0.506 e. The molecule has 1 amide bonds. The standard InChI is InChI=1S/C13H20N2O3/c1-2-7-18-8-3-6-15-13(17)10-4-5-11(14)12(16)9-10/h4-5,9,16H,2-3,6-8,14H2,1H3,(H,15,17). The average Bonchev–Trinajstić information content (AvgIpc) is 2.36. The van der Waals surface area contributed by atoms with Crippen LogP contribution in [-0.2, 0) is 4.74 Å². The number of rotatable bonds is 7. The molecular weight excluding hydrogens is 232 g/mol. The quantitative estimate of drug-likeness (QED) is 0.390. The Morgan fingerprint density at radius 3 is 2.89 bits per heavy atom. The minimum absolute atomic E-state index is 0.0751. The Morgan fingerprint density at radius 2 is 2.22 bits per heavy atom. The third-order valence-electron chi connectivity index (χ3n) is 2.39. The summed E-state index contributed by atoms with van der Waals surface area (Å²) in [6.45, 7) is 3.99. The fourth-order valence-electron chi connectivity index (χ4n) is 1.41. The second kappa shape index (κ2) is 7.55. The lowest BCUT2D eigenvalue weighted by Gasteiger charge is -2.07. The molecule has 4 N–H and O–H groups in total. The van der Waals surface area contributed by atoms with E-state index in [1.165, 1.54) is 12.1 Å². The van der Waals surface area contributed by atoms with E-state index in [9.17, 15) is 9.90 Å². The Morgan fingerprint density at radius 1 is 1.44 bits per heavy atom. The summed E-state index contributed by atoms with van der Waals surface area (Å²) in [6.07, 6.45) is 1.77. The van der Waals surface area contributed by atoms with Crippen molar-refractivity contribution in [3.63, 3.8) is 0 Å². The SMILES string of the molecule is CCCOCCCNC(=O)c1ccc(N)c(O)c1. The summed E-state index contributed by atoms with van der Waals surface area (Å²) in [7, 11) is 0. The van der Waals surface area contributed by atoms with E-state index < -0.39 is 0 Å². The molecular formula is C13H20N2O3. The predicted octanol–water partition coefficient (Wildman–Crippen LogP) is 1.52. The number of phenolic OH excluding ortho intramolecular Hbond substituents is 1. The molecule has 0 bridgehead atoms. The van der Waals surface area contributed by atoms with E-state index in [1.807, 2.05) is 0 Å². The summed E-state index contributed by atoms with van der Waals surface area (Å²) in [5, 5.41) is 12.1. The fraction of sp³-hybridized carbons (Fsp3) is 0.462. The third kappa shape index (κ3) is 4.63. The lowest BCUT2D eigenvalue weighted by atomic mass is 10.2. The van der Waals surface area contributed by atoms with Gasteiger partial charge in [0, 0.05) is 25.3 Å². The van der Waals surface area contributed by atoms with Crippen LogP contribution < -0.4 is 11.1 Å². The van der Waals surface area contributed by atoms with Crippen molar-refractivity contribution < 1.29 is 14.6 Å². The minimum Gasteiger partial charge on any atom is -0.506 e. The highest BCUT2D eigenvalue weighted by Crippen LogP contribution is 2.20. The van der Waals surface area contributed by atoms with Crippen LogP contribution in [-0.4, -0.2) is 30.8 Å². The van der Waals surface area contributed by atoms with Gasteiger partial charge in [-0.3, -0.25) is 4.79 Å². The van der Waals surface area contributed by atoms with Gasteiger partial charge in [-0.15, -0.1) is 0 Å². The second-order valence-corrected chi connectivity index (χ2v) is 4.00. The highest BCUT2D eigenvalue weighted by atomic mass is 16.5. The van der Waals surface area contributed by atoms with Crippen molar-refractivity contribution in [1.82, 2.24) is 5.32 Å². The molecule has 0 radical (unpaired) electrons. The number of amides is 1. The number of hydrogen-bond acceptors (Lipinski definition) is 4. The summed E-state index contributed by atoms with van der Waals surface area (Å²) < 4.78 is 5.30. The van der Waals surface area contributed by atoms with Crippen molar-refractivity contribution in [2.75, 3.05) is 25.5 Å². The van der Waals surface area contributed by atoms with E-state index in [4.69, 9.17) is 10.5 Å². The van der Waals surface area contributed by atoms with Crippen LogP contribution in [0.5, 0.6) is 5.75 Å². The predicted molar refractivity (Wildman–Crippen MR) is 70.6 cm³/mol. The van der Waals surface area contributed by atoms with E-state index in [0.717, 1.165) is 19.4 Å². The maximum absolute atomic E-state index is 11.7. The number of benzene rings is 1. The van der Waals surface area contributed by atoms with Gasteiger partial charge in [0.2, 0.25) is 0 Å². The Kier molecular flexibility index (Phi) is 6.00. The van der Waals surface area contributed by atoms with Crippen LogP contribution in [0.3, 0.4) is 0 Å². The van der Waals surface area contributed by atoms with Crippen LogP contribution in [0.4, 0.5) is 5.69 Å². The molecule has 100 valence electrons. The van der Waals surface area contributed by atoms with Gasteiger partial charge < -0.3 is 20.9 Å². The first kappa shape index (κ1) is 14.3. The Bertz CT molecular complexity index is 394. The maximum atomic E-state index is 11.7.